The van der Waals surface area contributed by atoms with Crippen LogP contribution in [0.5, 0.6) is 0 Å². The first-order chi connectivity index (χ1) is 6.24. The number of amides is 1. The van der Waals surface area contributed by atoms with Crippen molar-refractivity contribution in [3.63, 3.8) is 0 Å². The van der Waals surface area contributed by atoms with Crippen molar-refractivity contribution in [2.24, 2.45) is 0 Å². The van der Waals surface area contributed by atoms with E-state index in [0.29, 0.717) is 10.7 Å². The Morgan fingerprint density at radius 3 is 2.92 bits per heavy atom. The zero-order valence-corrected chi connectivity index (χ0v) is 7.88. The maximum Gasteiger partial charge on any atom is 0.273 e. The van der Waals surface area contributed by atoms with E-state index in [9.17, 15) is 4.79 Å². The summed E-state index contributed by atoms with van der Waals surface area (Å²) in [5.41, 5.74) is 0.350. The Labute approximate surface area is 81.4 Å². The molecule has 68 valence electrons. The van der Waals surface area contributed by atoms with Gasteiger partial charge in [0.2, 0.25) is 0 Å². The van der Waals surface area contributed by atoms with Crippen LogP contribution in [0.2, 0.25) is 5.02 Å². The van der Waals surface area contributed by atoms with Crippen molar-refractivity contribution in [2.45, 2.75) is 6.92 Å². The zero-order valence-electron chi connectivity index (χ0n) is 7.12. The molecule has 1 N–H and O–H groups in total. The number of aromatic nitrogens is 1. The molecule has 0 aliphatic rings. The van der Waals surface area contributed by atoms with E-state index >= 15 is 0 Å². The zero-order chi connectivity index (χ0) is 9.68. The van der Waals surface area contributed by atoms with E-state index in [1.165, 1.54) is 6.20 Å². The summed E-state index contributed by atoms with van der Waals surface area (Å²) in [5.74, 6) is -0.241. The first-order valence-electron chi connectivity index (χ1n) is 3.77. The lowest BCUT2D eigenvalue weighted by Gasteiger charge is -1.98. The SMILES string of the molecule is C/C=C/NC(=O)c1ccc(Cl)cn1. The molecule has 1 aromatic heterocycles. The number of hydrogen-bond acceptors (Lipinski definition) is 2. The summed E-state index contributed by atoms with van der Waals surface area (Å²) in [6.45, 7) is 1.82. The summed E-state index contributed by atoms with van der Waals surface area (Å²) < 4.78 is 0. The van der Waals surface area contributed by atoms with Gasteiger partial charge in [-0.2, -0.15) is 0 Å². The Morgan fingerprint density at radius 1 is 1.62 bits per heavy atom. The highest BCUT2D eigenvalue weighted by Gasteiger charge is 2.03. The van der Waals surface area contributed by atoms with E-state index in [4.69, 9.17) is 11.6 Å². The van der Waals surface area contributed by atoms with Crippen molar-refractivity contribution in [1.82, 2.24) is 10.3 Å². The van der Waals surface area contributed by atoms with Gasteiger partial charge in [-0.1, -0.05) is 17.7 Å². The standard InChI is InChI=1S/C9H9ClN2O/c1-2-5-11-9(13)8-4-3-7(10)6-12-8/h2-6H,1H3,(H,11,13)/b5-2+. The molecule has 0 spiro atoms. The molecule has 1 rings (SSSR count). The minimum Gasteiger partial charge on any atom is -0.328 e. The van der Waals surface area contributed by atoms with Crippen LogP contribution >= 0.6 is 11.6 Å². The molecule has 1 amide bonds. The topological polar surface area (TPSA) is 42.0 Å². The number of nitrogens with one attached hydrogen (secondary N) is 1. The molecule has 0 atom stereocenters. The monoisotopic (exact) mass is 196 g/mol. The van der Waals surface area contributed by atoms with E-state index in [-0.39, 0.29) is 5.91 Å². The molecule has 0 bridgehead atoms. The van der Waals surface area contributed by atoms with Gasteiger partial charge in [-0.15, -0.1) is 0 Å². The fourth-order valence-corrected chi connectivity index (χ4v) is 0.855. The normalized spacial score (nSPS) is 10.3. The second-order valence-electron chi connectivity index (χ2n) is 2.34. The molecule has 1 aromatic rings. The first-order valence-corrected chi connectivity index (χ1v) is 4.15. The Hall–Kier alpha value is -1.35. The Bertz CT molecular complexity index is 319. The van der Waals surface area contributed by atoms with Crippen LogP contribution in [0.1, 0.15) is 17.4 Å². The Balaban J connectivity index is 2.72. The first kappa shape index (κ1) is 9.74. The maximum atomic E-state index is 11.2. The van der Waals surface area contributed by atoms with E-state index in [2.05, 4.69) is 10.3 Å². The predicted octanol–water partition coefficient (Wildman–Crippen LogP) is 2.00. The molecule has 0 fully saturated rings. The van der Waals surface area contributed by atoms with Gasteiger partial charge in [-0.05, 0) is 25.3 Å². The van der Waals surface area contributed by atoms with Crippen LogP contribution in [-0.4, -0.2) is 10.9 Å². The number of allylic oxidation sites excluding steroid dienone is 1. The lowest BCUT2D eigenvalue weighted by molar-refractivity contribution is 0.0965. The third-order valence-electron chi connectivity index (χ3n) is 1.34. The van der Waals surface area contributed by atoms with Gasteiger partial charge in [0.15, 0.2) is 0 Å². The molecule has 0 aliphatic carbocycles. The average Bonchev–Trinajstić information content (AvgIpc) is 2.15. The van der Waals surface area contributed by atoms with Gasteiger partial charge < -0.3 is 5.32 Å². The van der Waals surface area contributed by atoms with Gasteiger partial charge in [0.25, 0.3) is 5.91 Å². The third-order valence-corrected chi connectivity index (χ3v) is 1.56. The van der Waals surface area contributed by atoms with Crippen molar-refractivity contribution in [2.75, 3.05) is 0 Å². The lowest BCUT2D eigenvalue weighted by atomic mass is 10.3. The van der Waals surface area contributed by atoms with Gasteiger partial charge in [0.1, 0.15) is 5.69 Å². The summed E-state index contributed by atoms with van der Waals surface area (Å²) >= 11 is 5.61. The summed E-state index contributed by atoms with van der Waals surface area (Å²) in [7, 11) is 0. The van der Waals surface area contributed by atoms with Crippen LogP contribution in [0, 0.1) is 0 Å². The molecule has 3 nitrogen and oxygen atoms in total. The highest BCUT2D eigenvalue weighted by molar-refractivity contribution is 6.30. The molecule has 1 heterocycles. The fraction of sp³-hybridized carbons (Fsp3) is 0.111. The van der Waals surface area contributed by atoms with Crippen molar-refractivity contribution in [3.8, 4) is 0 Å². The van der Waals surface area contributed by atoms with Crippen molar-refractivity contribution >= 4 is 17.5 Å². The number of carbonyl (C=O) groups is 1. The second-order valence-corrected chi connectivity index (χ2v) is 2.77. The van der Waals surface area contributed by atoms with Crippen LogP contribution in [0.25, 0.3) is 0 Å². The van der Waals surface area contributed by atoms with Crippen LogP contribution < -0.4 is 5.32 Å². The summed E-state index contributed by atoms with van der Waals surface area (Å²) in [6, 6.07) is 3.19. The minimum atomic E-state index is -0.241. The molecule has 4 heteroatoms. The van der Waals surface area contributed by atoms with E-state index in [1.54, 1.807) is 24.4 Å². The molecule has 0 aliphatic heterocycles. The largest absolute Gasteiger partial charge is 0.328 e. The Morgan fingerprint density at radius 2 is 2.38 bits per heavy atom. The minimum absolute atomic E-state index is 0.241. The second kappa shape index (κ2) is 4.62. The van der Waals surface area contributed by atoms with E-state index in [1.807, 2.05) is 6.92 Å². The number of pyridine rings is 1. The lowest BCUT2D eigenvalue weighted by Crippen LogP contribution is -2.17. The number of halogens is 1. The third kappa shape index (κ3) is 2.87. The summed E-state index contributed by atoms with van der Waals surface area (Å²) in [6.07, 6.45) is 4.72. The van der Waals surface area contributed by atoms with Crippen LogP contribution in [0.3, 0.4) is 0 Å². The van der Waals surface area contributed by atoms with Crippen LogP contribution in [-0.2, 0) is 0 Å². The van der Waals surface area contributed by atoms with Crippen molar-refractivity contribution < 1.29 is 4.79 Å². The van der Waals surface area contributed by atoms with Crippen LogP contribution in [0.4, 0.5) is 0 Å². The van der Waals surface area contributed by atoms with Gasteiger partial charge in [0, 0.05) is 6.20 Å². The smallest absolute Gasteiger partial charge is 0.273 e. The van der Waals surface area contributed by atoms with Crippen molar-refractivity contribution in [3.05, 3.63) is 41.3 Å². The molecule has 0 saturated carbocycles. The highest BCUT2D eigenvalue weighted by Crippen LogP contribution is 2.05. The van der Waals surface area contributed by atoms with Gasteiger partial charge in [-0.3, -0.25) is 4.79 Å². The quantitative estimate of drug-likeness (QED) is 0.786. The molecule has 0 saturated heterocycles. The predicted molar refractivity (Wildman–Crippen MR) is 51.5 cm³/mol. The average molecular weight is 197 g/mol. The highest BCUT2D eigenvalue weighted by atomic mass is 35.5. The molecule has 0 aromatic carbocycles. The Kier molecular flexibility index (Phi) is 3.46. The number of hydrogen-bond donors (Lipinski definition) is 1. The van der Waals surface area contributed by atoms with Crippen molar-refractivity contribution in [1.29, 1.82) is 0 Å². The number of rotatable bonds is 2. The summed E-state index contributed by atoms with van der Waals surface area (Å²) in [5, 5.41) is 3.06. The maximum absolute atomic E-state index is 11.2. The molecule has 0 radical (unpaired) electrons. The van der Waals surface area contributed by atoms with Gasteiger partial charge >= 0.3 is 0 Å². The van der Waals surface area contributed by atoms with Gasteiger partial charge in [0.05, 0.1) is 5.02 Å². The van der Waals surface area contributed by atoms with Crippen LogP contribution in [0.15, 0.2) is 30.6 Å². The molecule has 13 heavy (non-hydrogen) atoms. The fourth-order valence-electron chi connectivity index (χ4n) is 0.743. The number of nitrogens with zero attached hydrogens (tertiary/aromatic N) is 1. The number of carbonyl (C=O) groups excluding carboxylic acids is 1. The van der Waals surface area contributed by atoms with E-state index < -0.39 is 0 Å². The van der Waals surface area contributed by atoms with E-state index in [0.717, 1.165) is 0 Å². The summed E-state index contributed by atoms with van der Waals surface area (Å²) in [4.78, 5) is 15.1. The molecular weight excluding hydrogens is 188 g/mol. The molecule has 0 unspecified atom stereocenters. The molecular formula is C9H9ClN2O. The van der Waals surface area contributed by atoms with Gasteiger partial charge in [-0.25, -0.2) is 4.98 Å².